The fraction of sp³-hybridized carbons (Fsp3) is 0.423. The molecule has 2 N–H and O–H groups in total. The molecule has 2 amide bonds. The van der Waals surface area contributed by atoms with Gasteiger partial charge in [0, 0.05) is 62.4 Å². The van der Waals surface area contributed by atoms with Crippen molar-refractivity contribution < 1.29 is 14.4 Å². The van der Waals surface area contributed by atoms with Gasteiger partial charge in [0.25, 0.3) is 0 Å². The maximum absolute atomic E-state index is 12.8. The summed E-state index contributed by atoms with van der Waals surface area (Å²) in [5.74, 6) is 0.670. The molecule has 2 aromatic heterocycles. The van der Waals surface area contributed by atoms with Crippen LogP contribution in [0.5, 0.6) is 0 Å². The Morgan fingerprint density at radius 2 is 2.09 bits per heavy atom. The Morgan fingerprint density at radius 3 is 2.80 bits per heavy atom. The van der Waals surface area contributed by atoms with E-state index in [9.17, 15) is 14.4 Å². The van der Waals surface area contributed by atoms with Gasteiger partial charge >= 0.3 is 0 Å². The van der Waals surface area contributed by atoms with Crippen LogP contribution in [0.25, 0.3) is 12.2 Å². The maximum Gasteiger partial charge on any atom is 0.246 e. The SMILES string of the molecule is CNc1ncc(/C=C/C(=O)N2CCC(=Cc3nccs3)CC2)cc1CC1(C=O)CCNC(=O)CC1. The number of thiazole rings is 1. The molecule has 1 unspecified atom stereocenters. The van der Waals surface area contributed by atoms with Gasteiger partial charge in [0.05, 0.1) is 0 Å². The summed E-state index contributed by atoms with van der Waals surface area (Å²) in [4.78, 5) is 47.3. The largest absolute Gasteiger partial charge is 0.373 e. The summed E-state index contributed by atoms with van der Waals surface area (Å²) < 4.78 is 0. The Morgan fingerprint density at radius 1 is 1.26 bits per heavy atom. The Hall–Kier alpha value is -3.33. The molecule has 0 bridgehead atoms. The van der Waals surface area contributed by atoms with Crippen molar-refractivity contribution in [3.63, 3.8) is 0 Å². The normalized spacial score (nSPS) is 20.9. The molecule has 2 saturated heterocycles. The van der Waals surface area contributed by atoms with Gasteiger partial charge in [0.15, 0.2) is 0 Å². The summed E-state index contributed by atoms with van der Waals surface area (Å²) >= 11 is 1.62. The Labute approximate surface area is 209 Å². The minimum atomic E-state index is -0.609. The van der Waals surface area contributed by atoms with E-state index in [1.165, 1.54) is 5.57 Å². The van der Waals surface area contributed by atoms with Crippen LogP contribution in [0, 0.1) is 5.41 Å². The molecule has 2 aromatic rings. The molecule has 0 saturated carbocycles. The van der Waals surface area contributed by atoms with Gasteiger partial charge in [-0.05, 0) is 61.4 Å². The standard InChI is InChI=1S/C26H31N5O3S/c1-27-25-21(16-26(18-32)7-4-22(33)28-9-8-26)14-20(17-30-25)2-3-24(34)31-11-5-19(6-12-31)15-23-29-10-13-35-23/h2-3,10,13-15,17-18H,4-9,11-12,16H2,1H3,(H,27,30)(H,28,33)/b3-2+. The molecule has 0 radical (unpaired) electrons. The van der Waals surface area contributed by atoms with Crippen molar-refractivity contribution in [2.75, 3.05) is 32.0 Å². The highest BCUT2D eigenvalue weighted by atomic mass is 32.1. The average molecular weight is 494 g/mol. The van der Waals surface area contributed by atoms with Crippen molar-refractivity contribution in [3.8, 4) is 0 Å². The monoisotopic (exact) mass is 493 g/mol. The molecule has 9 heteroatoms. The van der Waals surface area contributed by atoms with Crippen molar-refractivity contribution in [2.24, 2.45) is 5.41 Å². The first-order valence-corrected chi connectivity index (χ1v) is 12.8. The number of aromatic nitrogens is 2. The van der Waals surface area contributed by atoms with Gasteiger partial charge in [-0.25, -0.2) is 9.97 Å². The number of hydrogen-bond acceptors (Lipinski definition) is 7. The minimum Gasteiger partial charge on any atom is -0.373 e. The van der Waals surface area contributed by atoms with E-state index in [0.29, 0.717) is 51.1 Å². The van der Waals surface area contributed by atoms with Gasteiger partial charge in [-0.3, -0.25) is 9.59 Å². The third-order valence-corrected chi connectivity index (χ3v) is 7.45. The third kappa shape index (κ3) is 6.42. The van der Waals surface area contributed by atoms with E-state index in [1.54, 1.807) is 42.9 Å². The molecule has 1 atom stereocenters. The van der Waals surface area contributed by atoms with E-state index >= 15 is 0 Å². The average Bonchev–Trinajstić information content (AvgIpc) is 3.32. The van der Waals surface area contributed by atoms with Gasteiger partial charge in [-0.2, -0.15) is 0 Å². The van der Waals surface area contributed by atoms with Crippen LogP contribution in [0.15, 0.2) is 35.5 Å². The lowest BCUT2D eigenvalue weighted by molar-refractivity contribution is -0.126. The van der Waals surface area contributed by atoms with E-state index in [0.717, 1.165) is 35.3 Å². The maximum atomic E-state index is 12.8. The summed E-state index contributed by atoms with van der Waals surface area (Å²) in [5.41, 5.74) is 2.42. The number of carbonyl (C=O) groups excluding carboxylic acids is 3. The van der Waals surface area contributed by atoms with Crippen LogP contribution in [0.2, 0.25) is 0 Å². The molecule has 0 aromatic carbocycles. The van der Waals surface area contributed by atoms with E-state index in [2.05, 4.69) is 26.7 Å². The van der Waals surface area contributed by atoms with Crippen LogP contribution < -0.4 is 10.6 Å². The van der Waals surface area contributed by atoms with E-state index < -0.39 is 5.41 Å². The fourth-order valence-corrected chi connectivity index (χ4v) is 5.25. The van der Waals surface area contributed by atoms with Crippen LogP contribution in [0.4, 0.5) is 5.82 Å². The second-order valence-electron chi connectivity index (χ2n) is 9.11. The summed E-state index contributed by atoms with van der Waals surface area (Å²) in [5, 5.41) is 8.92. The highest BCUT2D eigenvalue weighted by Gasteiger charge is 2.33. The first kappa shape index (κ1) is 24.8. The number of pyridine rings is 1. The lowest BCUT2D eigenvalue weighted by atomic mass is 9.77. The zero-order valence-corrected chi connectivity index (χ0v) is 20.8. The van der Waals surface area contributed by atoms with Gasteiger partial charge in [-0.15, -0.1) is 11.3 Å². The second kappa shape index (κ2) is 11.4. The Bertz CT molecular complexity index is 1120. The van der Waals surface area contributed by atoms with Crippen LogP contribution in [-0.2, 0) is 20.8 Å². The molecule has 0 spiro atoms. The topological polar surface area (TPSA) is 104 Å². The molecule has 35 heavy (non-hydrogen) atoms. The molecule has 4 rings (SSSR count). The van der Waals surface area contributed by atoms with Gasteiger partial charge in [-0.1, -0.05) is 5.57 Å². The van der Waals surface area contributed by atoms with Crippen molar-refractivity contribution in [1.29, 1.82) is 0 Å². The van der Waals surface area contributed by atoms with Crippen LogP contribution >= 0.6 is 11.3 Å². The number of nitrogens with one attached hydrogen (secondary N) is 2. The number of piperidine rings is 1. The number of anilines is 1. The molecular formula is C26H31N5O3S. The summed E-state index contributed by atoms with van der Waals surface area (Å²) in [7, 11) is 1.80. The molecule has 2 aliphatic rings. The van der Waals surface area contributed by atoms with E-state index in [1.807, 2.05) is 16.3 Å². The van der Waals surface area contributed by atoms with Crippen molar-refractivity contribution in [1.82, 2.24) is 20.2 Å². The number of rotatable bonds is 7. The van der Waals surface area contributed by atoms with Crippen molar-refractivity contribution in [3.05, 3.63) is 51.6 Å². The van der Waals surface area contributed by atoms with E-state index in [4.69, 9.17) is 0 Å². The molecule has 184 valence electrons. The number of aldehydes is 1. The van der Waals surface area contributed by atoms with E-state index in [-0.39, 0.29) is 11.8 Å². The zero-order valence-electron chi connectivity index (χ0n) is 20.0. The highest BCUT2D eigenvalue weighted by molar-refractivity contribution is 7.10. The van der Waals surface area contributed by atoms with Gasteiger partial charge in [0.2, 0.25) is 11.8 Å². The number of likely N-dealkylation sites (tertiary alicyclic amines) is 1. The minimum absolute atomic E-state index is 0.0144. The highest BCUT2D eigenvalue weighted by Crippen LogP contribution is 2.34. The van der Waals surface area contributed by atoms with Crippen LogP contribution in [0.3, 0.4) is 0 Å². The third-order valence-electron chi connectivity index (χ3n) is 6.73. The second-order valence-corrected chi connectivity index (χ2v) is 10.0. The van der Waals surface area contributed by atoms with Crippen LogP contribution in [-0.4, -0.2) is 59.7 Å². The Balaban J connectivity index is 1.41. The van der Waals surface area contributed by atoms with Gasteiger partial charge in [0.1, 0.15) is 17.1 Å². The first-order chi connectivity index (χ1) is 17.0. The smallest absolute Gasteiger partial charge is 0.246 e. The predicted molar refractivity (Wildman–Crippen MR) is 138 cm³/mol. The molecule has 8 nitrogen and oxygen atoms in total. The summed E-state index contributed by atoms with van der Waals surface area (Å²) in [6.07, 6.45) is 13.7. The quantitative estimate of drug-likeness (QED) is 0.453. The lowest BCUT2D eigenvalue weighted by Crippen LogP contribution is -2.35. The van der Waals surface area contributed by atoms with Crippen molar-refractivity contribution in [2.45, 2.75) is 38.5 Å². The predicted octanol–water partition coefficient (Wildman–Crippen LogP) is 3.33. The van der Waals surface area contributed by atoms with Crippen LogP contribution in [0.1, 0.15) is 48.2 Å². The number of hydrogen-bond donors (Lipinski definition) is 2. The fourth-order valence-electron chi connectivity index (χ4n) is 4.63. The molecule has 4 heterocycles. The molecule has 0 aliphatic carbocycles. The zero-order chi connectivity index (χ0) is 24.7. The summed E-state index contributed by atoms with van der Waals surface area (Å²) in [6, 6.07) is 1.97. The van der Waals surface area contributed by atoms with Crippen molar-refractivity contribution >= 4 is 47.4 Å². The molecule has 2 aliphatic heterocycles. The molecular weight excluding hydrogens is 462 g/mol. The van der Waals surface area contributed by atoms with Gasteiger partial charge < -0.3 is 20.3 Å². The number of amides is 2. The Kier molecular flexibility index (Phi) is 8.07. The number of nitrogens with zero attached hydrogens (tertiary/aromatic N) is 3. The lowest BCUT2D eigenvalue weighted by Gasteiger charge is -2.27. The first-order valence-electron chi connectivity index (χ1n) is 12.0. The summed E-state index contributed by atoms with van der Waals surface area (Å²) in [6.45, 7) is 1.87. The molecule has 2 fully saturated rings. The number of carbonyl (C=O) groups is 3.